The van der Waals surface area contributed by atoms with Crippen molar-refractivity contribution in [3.8, 4) is 5.75 Å². The molecule has 0 aliphatic heterocycles. The normalized spacial score (nSPS) is 11.1. The summed E-state index contributed by atoms with van der Waals surface area (Å²) in [7, 11) is 0. The number of carbonyl (C=O) groups is 1. The van der Waals surface area contributed by atoms with E-state index in [4.69, 9.17) is 44.0 Å². The molecular weight excluding hydrogens is 529 g/mol. The van der Waals surface area contributed by atoms with Gasteiger partial charge in [0, 0.05) is 11.6 Å². The SMILES string of the molecule is CCCCCCCCCCCCCCCCCCNC(=O)c1ccc(COc2c(Cl)cc(Cl)cc2Cl)o1. The Morgan fingerprint density at radius 2 is 1.24 bits per heavy atom. The van der Waals surface area contributed by atoms with Crippen LogP contribution < -0.4 is 10.1 Å². The number of carbonyl (C=O) groups excluding carboxylic acids is 1. The molecule has 0 atom stereocenters. The molecule has 0 unspecified atom stereocenters. The van der Waals surface area contributed by atoms with Gasteiger partial charge >= 0.3 is 0 Å². The lowest BCUT2D eigenvalue weighted by molar-refractivity contribution is 0.0921. The maximum absolute atomic E-state index is 12.3. The lowest BCUT2D eigenvalue weighted by Gasteiger charge is -2.09. The van der Waals surface area contributed by atoms with Crippen molar-refractivity contribution in [1.82, 2.24) is 5.32 Å². The van der Waals surface area contributed by atoms with Crippen LogP contribution in [0.5, 0.6) is 5.75 Å². The summed E-state index contributed by atoms with van der Waals surface area (Å²) in [5.41, 5.74) is 0. The maximum Gasteiger partial charge on any atom is 0.286 e. The molecular formula is C30H44Cl3NO3. The number of rotatable bonds is 21. The zero-order valence-electron chi connectivity index (χ0n) is 22.4. The molecule has 1 aromatic heterocycles. The van der Waals surface area contributed by atoms with Gasteiger partial charge in [0.05, 0.1) is 10.0 Å². The highest BCUT2D eigenvalue weighted by atomic mass is 35.5. The third-order valence-electron chi connectivity index (χ3n) is 6.52. The molecule has 0 spiro atoms. The molecule has 0 radical (unpaired) electrons. The molecule has 0 fully saturated rings. The Morgan fingerprint density at radius 1 is 0.757 bits per heavy atom. The first-order chi connectivity index (χ1) is 18.0. The summed E-state index contributed by atoms with van der Waals surface area (Å²) < 4.78 is 11.3. The lowest BCUT2D eigenvalue weighted by Crippen LogP contribution is -2.23. The van der Waals surface area contributed by atoms with Crippen molar-refractivity contribution in [1.29, 1.82) is 0 Å². The Labute approximate surface area is 238 Å². The van der Waals surface area contributed by atoms with Crippen molar-refractivity contribution in [2.75, 3.05) is 6.54 Å². The standard InChI is InChI=1S/C30H44Cl3NO3/c1-2-3-4-5-6-7-8-9-10-11-12-13-14-15-16-17-20-34-30(35)28-19-18-25(37-28)23-36-29-26(32)21-24(31)22-27(29)33/h18-19,21-22H,2-17,20,23H2,1H3,(H,34,35). The van der Waals surface area contributed by atoms with Gasteiger partial charge < -0.3 is 14.5 Å². The highest BCUT2D eigenvalue weighted by Crippen LogP contribution is 2.36. The van der Waals surface area contributed by atoms with E-state index in [1.807, 2.05) is 0 Å². The van der Waals surface area contributed by atoms with Gasteiger partial charge in [-0.15, -0.1) is 0 Å². The molecule has 37 heavy (non-hydrogen) atoms. The predicted octanol–water partition coefficient (Wildman–Crippen LogP) is 10.8. The van der Waals surface area contributed by atoms with E-state index in [0.29, 0.717) is 33.1 Å². The van der Waals surface area contributed by atoms with Crippen molar-refractivity contribution >= 4 is 40.7 Å². The number of benzene rings is 1. The summed E-state index contributed by atoms with van der Waals surface area (Å²) in [5, 5.41) is 4.00. The molecule has 0 aliphatic carbocycles. The van der Waals surface area contributed by atoms with E-state index in [-0.39, 0.29) is 18.3 Å². The van der Waals surface area contributed by atoms with Gasteiger partial charge in [-0.05, 0) is 30.7 Å². The lowest BCUT2D eigenvalue weighted by atomic mass is 10.0. The van der Waals surface area contributed by atoms with Crippen LogP contribution in [0.1, 0.15) is 126 Å². The highest BCUT2D eigenvalue weighted by Gasteiger charge is 2.13. The Bertz CT molecular complexity index is 877. The fraction of sp³-hybridized carbons (Fsp3) is 0.633. The van der Waals surface area contributed by atoms with E-state index in [1.54, 1.807) is 24.3 Å². The molecule has 2 rings (SSSR count). The minimum Gasteiger partial charge on any atom is -0.483 e. The topological polar surface area (TPSA) is 51.5 Å². The molecule has 0 aliphatic rings. The van der Waals surface area contributed by atoms with Gasteiger partial charge in [0.2, 0.25) is 0 Å². The Balaban J connectivity index is 1.44. The summed E-state index contributed by atoms with van der Waals surface area (Å²) in [4.78, 5) is 12.3. The average Bonchev–Trinajstić information content (AvgIpc) is 3.34. The van der Waals surface area contributed by atoms with Crippen molar-refractivity contribution in [2.45, 2.75) is 116 Å². The minimum absolute atomic E-state index is 0.105. The number of halogens is 3. The Morgan fingerprint density at radius 3 is 1.76 bits per heavy atom. The van der Waals surface area contributed by atoms with E-state index in [2.05, 4.69) is 12.2 Å². The van der Waals surface area contributed by atoms with Gasteiger partial charge in [0.25, 0.3) is 5.91 Å². The number of unbranched alkanes of at least 4 members (excludes halogenated alkanes) is 15. The van der Waals surface area contributed by atoms with E-state index < -0.39 is 0 Å². The van der Waals surface area contributed by atoms with Crippen LogP contribution in [0.15, 0.2) is 28.7 Å². The molecule has 7 heteroatoms. The first-order valence-electron chi connectivity index (χ1n) is 14.2. The van der Waals surface area contributed by atoms with Crippen LogP contribution in [0, 0.1) is 0 Å². The second-order valence-corrected chi connectivity index (χ2v) is 11.1. The predicted molar refractivity (Wildman–Crippen MR) is 156 cm³/mol. The summed E-state index contributed by atoms with van der Waals surface area (Å²) in [6.45, 7) is 3.03. The molecule has 2 aromatic rings. The second kappa shape index (κ2) is 19.7. The maximum atomic E-state index is 12.3. The fourth-order valence-electron chi connectivity index (χ4n) is 4.35. The van der Waals surface area contributed by atoms with Crippen LogP contribution in [-0.4, -0.2) is 12.5 Å². The fourth-order valence-corrected chi connectivity index (χ4v) is 5.28. The molecule has 4 nitrogen and oxygen atoms in total. The molecule has 0 saturated heterocycles. The third-order valence-corrected chi connectivity index (χ3v) is 7.30. The van der Waals surface area contributed by atoms with Crippen molar-refractivity contribution in [3.05, 3.63) is 50.9 Å². The zero-order chi connectivity index (χ0) is 26.7. The zero-order valence-corrected chi connectivity index (χ0v) is 24.7. The molecule has 0 saturated carbocycles. The van der Waals surface area contributed by atoms with Crippen LogP contribution >= 0.6 is 34.8 Å². The average molecular weight is 573 g/mol. The third kappa shape index (κ3) is 13.8. The largest absolute Gasteiger partial charge is 0.483 e. The van der Waals surface area contributed by atoms with E-state index in [9.17, 15) is 4.79 Å². The number of amides is 1. The van der Waals surface area contributed by atoms with Gasteiger partial charge in [-0.3, -0.25) is 4.79 Å². The number of hydrogen-bond acceptors (Lipinski definition) is 3. The van der Waals surface area contributed by atoms with Crippen molar-refractivity contribution in [3.63, 3.8) is 0 Å². The second-order valence-electron chi connectivity index (χ2n) is 9.81. The number of nitrogens with one attached hydrogen (secondary N) is 1. The minimum atomic E-state index is -0.213. The van der Waals surface area contributed by atoms with E-state index >= 15 is 0 Å². The molecule has 1 N–H and O–H groups in total. The monoisotopic (exact) mass is 571 g/mol. The molecule has 208 valence electrons. The van der Waals surface area contributed by atoms with E-state index in [0.717, 1.165) is 12.8 Å². The summed E-state index contributed by atoms with van der Waals surface area (Å²) in [6, 6.07) is 6.47. The van der Waals surface area contributed by atoms with Crippen LogP contribution in [0.4, 0.5) is 0 Å². The summed E-state index contributed by atoms with van der Waals surface area (Å²) in [5.74, 6) is 0.895. The Hall–Kier alpha value is -1.36. The van der Waals surface area contributed by atoms with Crippen LogP contribution in [0.25, 0.3) is 0 Å². The molecule has 1 heterocycles. The number of hydrogen-bond donors (Lipinski definition) is 1. The van der Waals surface area contributed by atoms with Crippen LogP contribution in [0.2, 0.25) is 15.1 Å². The first kappa shape index (κ1) is 31.9. The van der Waals surface area contributed by atoms with Crippen LogP contribution in [-0.2, 0) is 6.61 Å². The van der Waals surface area contributed by atoms with Gasteiger partial charge in [0.1, 0.15) is 12.4 Å². The van der Waals surface area contributed by atoms with Crippen molar-refractivity contribution in [2.24, 2.45) is 0 Å². The summed E-state index contributed by atoms with van der Waals surface area (Å²) >= 11 is 18.2. The molecule has 1 amide bonds. The van der Waals surface area contributed by atoms with Crippen LogP contribution in [0.3, 0.4) is 0 Å². The highest BCUT2D eigenvalue weighted by molar-refractivity contribution is 6.40. The number of ether oxygens (including phenoxy) is 1. The van der Waals surface area contributed by atoms with Crippen molar-refractivity contribution < 1.29 is 13.9 Å². The van der Waals surface area contributed by atoms with Gasteiger partial charge in [-0.25, -0.2) is 0 Å². The molecule has 1 aromatic carbocycles. The quantitative estimate of drug-likeness (QED) is 0.151. The van der Waals surface area contributed by atoms with Gasteiger partial charge in [-0.2, -0.15) is 0 Å². The first-order valence-corrected chi connectivity index (χ1v) is 15.3. The molecule has 0 bridgehead atoms. The van der Waals surface area contributed by atoms with Gasteiger partial charge in [-0.1, -0.05) is 138 Å². The Kier molecular flexibility index (Phi) is 16.9. The summed E-state index contributed by atoms with van der Waals surface area (Å²) in [6.07, 6.45) is 21.3. The van der Waals surface area contributed by atoms with Gasteiger partial charge in [0.15, 0.2) is 11.5 Å². The van der Waals surface area contributed by atoms with E-state index in [1.165, 1.54) is 89.9 Å². The number of furan rings is 1. The smallest absolute Gasteiger partial charge is 0.286 e.